The number of hydrogen-bond acceptors (Lipinski definition) is 4. The van der Waals surface area contributed by atoms with Gasteiger partial charge in [0.2, 0.25) is 5.91 Å². The van der Waals surface area contributed by atoms with Gasteiger partial charge in [-0.3, -0.25) is 4.79 Å². The SMILES string of the molecule is Cc1nn(-c2ccccc2)c(C)c1CNC(=O)C1CC(O)CN1.Cl. The minimum Gasteiger partial charge on any atom is -0.392 e. The predicted octanol–water partition coefficient (Wildman–Crippen LogP) is 1.25. The summed E-state index contributed by atoms with van der Waals surface area (Å²) in [6.45, 7) is 4.87. The normalized spacial score (nSPS) is 19.8. The van der Waals surface area contributed by atoms with Gasteiger partial charge < -0.3 is 15.7 Å². The van der Waals surface area contributed by atoms with Crippen LogP contribution in [0.5, 0.6) is 0 Å². The lowest BCUT2D eigenvalue weighted by Gasteiger charge is -2.11. The van der Waals surface area contributed by atoms with Gasteiger partial charge in [0.15, 0.2) is 0 Å². The fourth-order valence-electron chi connectivity index (χ4n) is 2.97. The van der Waals surface area contributed by atoms with E-state index >= 15 is 0 Å². The van der Waals surface area contributed by atoms with Gasteiger partial charge in [-0.2, -0.15) is 5.10 Å². The van der Waals surface area contributed by atoms with Crippen LogP contribution in [0.15, 0.2) is 30.3 Å². The Bertz CT molecular complexity index is 702. The first-order valence-corrected chi connectivity index (χ1v) is 7.86. The van der Waals surface area contributed by atoms with Crippen LogP contribution in [0.25, 0.3) is 5.69 Å². The number of nitrogens with zero attached hydrogens (tertiary/aromatic N) is 2. The molecule has 1 aromatic carbocycles. The molecule has 0 bridgehead atoms. The smallest absolute Gasteiger partial charge is 0.237 e. The minimum atomic E-state index is -0.435. The number of carbonyl (C=O) groups excluding carboxylic acids is 1. The number of rotatable bonds is 4. The van der Waals surface area contributed by atoms with E-state index in [1.54, 1.807) is 0 Å². The van der Waals surface area contributed by atoms with Crippen LogP contribution in [-0.2, 0) is 11.3 Å². The van der Waals surface area contributed by atoms with E-state index in [0.29, 0.717) is 19.5 Å². The lowest BCUT2D eigenvalue weighted by atomic mass is 10.1. The Labute approximate surface area is 147 Å². The van der Waals surface area contributed by atoms with Crippen LogP contribution < -0.4 is 10.6 Å². The summed E-state index contributed by atoms with van der Waals surface area (Å²) in [5, 5.41) is 20.0. The third-order valence-electron chi connectivity index (χ3n) is 4.31. The average Bonchev–Trinajstić information content (AvgIpc) is 3.10. The van der Waals surface area contributed by atoms with E-state index in [-0.39, 0.29) is 24.4 Å². The van der Waals surface area contributed by atoms with Crippen LogP contribution in [0.4, 0.5) is 0 Å². The number of β-amino-alcohol motifs (C(OH)–C–C–N with tert-alkyl or cyclic N) is 1. The third kappa shape index (κ3) is 3.77. The Kier molecular flexibility index (Phi) is 5.99. The molecule has 6 nitrogen and oxygen atoms in total. The first kappa shape index (κ1) is 18.4. The maximum absolute atomic E-state index is 12.2. The van der Waals surface area contributed by atoms with Gasteiger partial charge in [-0.25, -0.2) is 4.68 Å². The Morgan fingerprint density at radius 1 is 1.38 bits per heavy atom. The number of aryl methyl sites for hydroxylation is 1. The first-order valence-electron chi connectivity index (χ1n) is 7.86. The molecule has 2 atom stereocenters. The second-order valence-corrected chi connectivity index (χ2v) is 5.96. The van der Waals surface area contributed by atoms with E-state index in [4.69, 9.17) is 0 Å². The number of nitrogens with one attached hydrogen (secondary N) is 2. The summed E-state index contributed by atoms with van der Waals surface area (Å²) in [5.41, 5.74) is 3.96. The molecule has 2 aromatic rings. The van der Waals surface area contributed by atoms with Gasteiger partial charge in [0.25, 0.3) is 0 Å². The van der Waals surface area contributed by atoms with Crippen LogP contribution in [0, 0.1) is 13.8 Å². The Balaban J connectivity index is 0.00000208. The lowest BCUT2D eigenvalue weighted by molar-refractivity contribution is -0.123. The molecule has 7 heteroatoms. The second kappa shape index (κ2) is 7.79. The van der Waals surface area contributed by atoms with Crippen LogP contribution >= 0.6 is 12.4 Å². The molecule has 1 aliphatic rings. The molecule has 2 heterocycles. The van der Waals surface area contributed by atoms with Crippen molar-refractivity contribution in [3.05, 3.63) is 47.3 Å². The van der Waals surface area contributed by atoms with Gasteiger partial charge in [-0.1, -0.05) is 18.2 Å². The number of carbonyl (C=O) groups is 1. The summed E-state index contributed by atoms with van der Waals surface area (Å²) < 4.78 is 1.90. The van der Waals surface area contributed by atoms with Gasteiger partial charge in [0.1, 0.15) is 0 Å². The number of aliphatic hydroxyl groups is 1. The van der Waals surface area contributed by atoms with Crippen molar-refractivity contribution in [2.24, 2.45) is 0 Å². The van der Waals surface area contributed by atoms with E-state index in [1.165, 1.54) is 0 Å². The zero-order valence-corrected chi connectivity index (χ0v) is 14.6. The lowest BCUT2D eigenvalue weighted by Crippen LogP contribution is -2.40. The summed E-state index contributed by atoms with van der Waals surface area (Å²) in [4.78, 5) is 12.2. The van der Waals surface area contributed by atoms with E-state index in [1.807, 2.05) is 48.9 Å². The minimum absolute atomic E-state index is 0. The van der Waals surface area contributed by atoms with Crippen molar-refractivity contribution in [3.8, 4) is 5.69 Å². The van der Waals surface area contributed by atoms with Gasteiger partial charge in [0, 0.05) is 24.3 Å². The average molecular weight is 351 g/mol. The molecule has 130 valence electrons. The molecule has 3 N–H and O–H groups in total. The van der Waals surface area contributed by atoms with Gasteiger partial charge in [0.05, 0.1) is 23.5 Å². The second-order valence-electron chi connectivity index (χ2n) is 5.96. The first-order chi connectivity index (χ1) is 11.1. The van der Waals surface area contributed by atoms with Gasteiger partial charge in [-0.05, 0) is 32.4 Å². The van der Waals surface area contributed by atoms with Crippen molar-refractivity contribution < 1.29 is 9.90 Å². The van der Waals surface area contributed by atoms with Crippen LogP contribution in [0.3, 0.4) is 0 Å². The van der Waals surface area contributed by atoms with Crippen LogP contribution in [0.2, 0.25) is 0 Å². The molecule has 1 saturated heterocycles. The zero-order valence-electron chi connectivity index (χ0n) is 13.8. The van der Waals surface area contributed by atoms with Crippen molar-refractivity contribution in [3.63, 3.8) is 0 Å². The fourth-order valence-corrected chi connectivity index (χ4v) is 2.97. The zero-order chi connectivity index (χ0) is 16.4. The Morgan fingerprint density at radius 3 is 2.71 bits per heavy atom. The predicted molar refractivity (Wildman–Crippen MR) is 94.5 cm³/mol. The maximum Gasteiger partial charge on any atom is 0.237 e. The third-order valence-corrected chi connectivity index (χ3v) is 4.31. The quantitative estimate of drug-likeness (QED) is 0.775. The number of aromatic nitrogens is 2. The number of benzene rings is 1. The number of para-hydroxylation sites is 1. The molecule has 0 radical (unpaired) electrons. The standard InChI is InChI=1S/C17H22N4O2.ClH/c1-11-15(10-19-17(23)16-8-14(22)9-18-16)12(2)21(20-11)13-6-4-3-5-7-13;/h3-7,14,16,18,22H,8-10H2,1-2H3,(H,19,23);1H. The van der Waals surface area contributed by atoms with Crippen molar-refractivity contribution in [2.45, 2.75) is 39.0 Å². The molecule has 2 unspecified atom stereocenters. The molecular weight excluding hydrogens is 328 g/mol. The van der Waals surface area contributed by atoms with Gasteiger partial charge in [-0.15, -0.1) is 12.4 Å². The Morgan fingerprint density at radius 2 is 2.08 bits per heavy atom. The monoisotopic (exact) mass is 350 g/mol. The summed E-state index contributed by atoms with van der Waals surface area (Å²) in [7, 11) is 0. The van der Waals surface area contributed by atoms with E-state index in [9.17, 15) is 9.90 Å². The summed E-state index contributed by atoms with van der Waals surface area (Å²) >= 11 is 0. The molecule has 1 aromatic heterocycles. The molecule has 24 heavy (non-hydrogen) atoms. The topological polar surface area (TPSA) is 79.2 Å². The summed E-state index contributed by atoms with van der Waals surface area (Å²) in [6.07, 6.45) is 0.0302. The van der Waals surface area contributed by atoms with E-state index in [0.717, 1.165) is 22.6 Å². The highest BCUT2D eigenvalue weighted by Crippen LogP contribution is 2.17. The van der Waals surface area contributed by atoms with Crippen molar-refractivity contribution in [1.82, 2.24) is 20.4 Å². The van der Waals surface area contributed by atoms with E-state index < -0.39 is 6.10 Å². The number of hydrogen-bond donors (Lipinski definition) is 3. The van der Waals surface area contributed by atoms with Crippen molar-refractivity contribution in [2.75, 3.05) is 6.54 Å². The number of halogens is 1. The van der Waals surface area contributed by atoms with Crippen LogP contribution in [0.1, 0.15) is 23.4 Å². The molecule has 1 amide bonds. The van der Waals surface area contributed by atoms with Gasteiger partial charge >= 0.3 is 0 Å². The summed E-state index contributed by atoms with van der Waals surface area (Å²) in [5.74, 6) is -0.0761. The van der Waals surface area contributed by atoms with Crippen LogP contribution in [-0.4, -0.2) is 39.5 Å². The fraction of sp³-hybridized carbons (Fsp3) is 0.412. The molecule has 0 saturated carbocycles. The highest BCUT2D eigenvalue weighted by atomic mass is 35.5. The van der Waals surface area contributed by atoms with Crippen molar-refractivity contribution in [1.29, 1.82) is 0 Å². The number of aliphatic hydroxyl groups excluding tert-OH is 1. The number of amides is 1. The molecule has 0 spiro atoms. The molecular formula is C17H23ClN4O2. The van der Waals surface area contributed by atoms with Crippen molar-refractivity contribution >= 4 is 18.3 Å². The molecule has 3 rings (SSSR count). The highest BCUT2D eigenvalue weighted by Gasteiger charge is 2.28. The molecule has 1 fully saturated rings. The highest BCUT2D eigenvalue weighted by molar-refractivity contribution is 5.85. The maximum atomic E-state index is 12.2. The molecule has 1 aliphatic heterocycles. The summed E-state index contributed by atoms with van der Waals surface area (Å²) in [6, 6.07) is 9.63. The largest absolute Gasteiger partial charge is 0.392 e. The van der Waals surface area contributed by atoms with E-state index in [2.05, 4.69) is 15.7 Å². The Hall–Kier alpha value is -1.89. The molecule has 0 aliphatic carbocycles.